The molecule has 1 aliphatic carbocycles. The van der Waals surface area contributed by atoms with Gasteiger partial charge >= 0.3 is 0 Å². The molecule has 3 N–H and O–H groups in total. The molecule has 19 heavy (non-hydrogen) atoms. The van der Waals surface area contributed by atoms with Crippen molar-refractivity contribution in [3.05, 3.63) is 64.7 Å². The molecule has 2 nitrogen and oxygen atoms in total. The van der Waals surface area contributed by atoms with Crippen molar-refractivity contribution in [2.75, 3.05) is 5.32 Å². The Morgan fingerprint density at radius 3 is 2.58 bits per heavy atom. The Morgan fingerprint density at radius 2 is 1.79 bits per heavy atom. The van der Waals surface area contributed by atoms with E-state index in [1.165, 1.54) is 27.9 Å². The quantitative estimate of drug-likeness (QED) is 0.851. The van der Waals surface area contributed by atoms with E-state index in [4.69, 9.17) is 5.73 Å². The largest absolute Gasteiger partial charge is 0.378 e. The van der Waals surface area contributed by atoms with Crippen LogP contribution in [-0.2, 0) is 0 Å². The Kier molecular flexibility index (Phi) is 3.03. The van der Waals surface area contributed by atoms with E-state index in [0.29, 0.717) is 6.04 Å². The summed E-state index contributed by atoms with van der Waals surface area (Å²) in [5.74, 6) is 0. The first kappa shape index (κ1) is 12.2. The van der Waals surface area contributed by atoms with Gasteiger partial charge in [-0.2, -0.15) is 0 Å². The molecule has 0 heterocycles. The maximum atomic E-state index is 6.22. The lowest BCUT2D eigenvalue weighted by Gasteiger charge is -2.18. The standard InChI is InChI=1S/C17H20N2/c1-11-7-8-12(2)16(9-11)19-17-10-15(18)13-5-3-4-6-14(13)17/h3-9,15,17,19H,10,18H2,1-2H3. The minimum Gasteiger partial charge on any atom is -0.378 e. The van der Waals surface area contributed by atoms with Gasteiger partial charge in [0.2, 0.25) is 0 Å². The van der Waals surface area contributed by atoms with E-state index in [-0.39, 0.29) is 6.04 Å². The fraction of sp³-hybridized carbons (Fsp3) is 0.294. The van der Waals surface area contributed by atoms with Crippen molar-refractivity contribution in [3.63, 3.8) is 0 Å². The summed E-state index contributed by atoms with van der Waals surface area (Å²) >= 11 is 0. The van der Waals surface area contributed by atoms with Crippen LogP contribution in [0.4, 0.5) is 5.69 Å². The summed E-state index contributed by atoms with van der Waals surface area (Å²) in [6.45, 7) is 4.27. The third-order valence-electron chi connectivity index (χ3n) is 3.98. The third-order valence-corrected chi connectivity index (χ3v) is 3.98. The van der Waals surface area contributed by atoms with Crippen LogP contribution in [0, 0.1) is 13.8 Å². The molecule has 0 aromatic heterocycles. The molecule has 98 valence electrons. The van der Waals surface area contributed by atoms with E-state index in [1.54, 1.807) is 0 Å². The topological polar surface area (TPSA) is 38.0 Å². The third kappa shape index (κ3) is 2.24. The second kappa shape index (κ2) is 4.71. The molecule has 2 aromatic rings. The Balaban J connectivity index is 1.91. The second-order valence-electron chi connectivity index (χ2n) is 5.49. The first-order valence-corrected chi connectivity index (χ1v) is 6.83. The molecule has 0 saturated heterocycles. The van der Waals surface area contributed by atoms with E-state index in [1.807, 2.05) is 0 Å². The van der Waals surface area contributed by atoms with Crippen molar-refractivity contribution in [2.45, 2.75) is 32.4 Å². The van der Waals surface area contributed by atoms with E-state index in [9.17, 15) is 0 Å². The molecule has 2 aromatic carbocycles. The van der Waals surface area contributed by atoms with Gasteiger partial charge in [0.15, 0.2) is 0 Å². The zero-order chi connectivity index (χ0) is 13.4. The Labute approximate surface area is 114 Å². The number of rotatable bonds is 2. The van der Waals surface area contributed by atoms with Gasteiger partial charge in [-0.05, 0) is 48.6 Å². The first-order valence-electron chi connectivity index (χ1n) is 6.83. The monoisotopic (exact) mass is 252 g/mol. The fourth-order valence-corrected chi connectivity index (χ4v) is 2.89. The van der Waals surface area contributed by atoms with Crippen molar-refractivity contribution in [1.82, 2.24) is 0 Å². The second-order valence-corrected chi connectivity index (χ2v) is 5.49. The van der Waals surface area contributed by atoms with Crippen LogP contribution in [0.2, 0.25) is 0 Å². The minimum absolute atomic E-state index is 0.152. The van der Waals surface area contributed by atoms with Crippen LogP contribution < -0.4 is 11.1 Å². The molecule has 2 unspecified atom stereocenters. The minimum atomic E-state index is 0.152. The maximum absolute atomic E-state index is 6.22. The molecule has 1 aliphatic rings. The van der Waals surface area contributed by atoms with Gasteiger partial charge in [-0.25, -0.2) is 0 Å². The van der Waals surface area contributed by atoms with Gasteiger partial charge in [0.05, 0.1) is 6.04 Å². The Bertz CT molecular complexity index is 604. The van der Waals surface area contributed by atoms with Crippen LogP contribution in [-0.4, -0.2) is 0 Å². The molecule has 0 spiro atoms. The normalized spacial score (nSPS) is 21.2. The van der Waals surface area contributed by atoms with Crippen LogP contribution in [0.1, 0.15) is 40.8 Å². The first-order chi connectivity index (χ1) is 9.15. The molecule has 2 heteroatoms. The number of anilines is 1. The van der Waals surface area contributed by atoms with Crippen LogP contribution in [0.5, 0.6) is 0 Å². The number of aryl methyl sites for hydroxylation is 2. The van der Waals surface area contributed by atoms with Crippen LogP contribution in [0.15, 0.2) is 42.5 Å². The molecular formula is C17H20N2. The number of nitrogens with one attached hydrogen (secondary N) is 1. The molecule has 2 atom stereocenters. The van der Waals surface area contributed by atoms with Gasteiger partial charge in [0, 0.05) is 11.7 Å². The van der Waals surface area contributed by atoms with Crippen molar-refractivity contribution in [2.24, 2.45) is 5.73 Å². The lowest BCUT2D eigenvalue weighted by Crippen LogP contribution is -2.10. The molecule has 0 fully saturated rings. The maximum Gasteiger partial charge on any atom is 0.0535 e. The highest BCUT2D eigenvalue weighted by Crippen LogP contribution is 2.39. The SMILES string of the molecule is Cc1ccc(C)c(NC2CC(N)c3ccccc32)c1. The molecule has 0 bridgehead atoms. The highest BCUT2D eigenvalue weighted by molar-refractivity contribution is 5.55. The van der Waals surface area contributed by atoms with Crippen LogP contribution >= 0.6 is 0 Å². The average molecular weight is 252 g/mol. The van der Waals surface area contributed by atoms with Crippen molar-refractivity contribution in [3.8, 4) is 0 Å². The predicted molar refractivity (Wildman–Crippen MR) is 80.3 cm³/mol. The number of nitrogens with two attached hydrogens (primary N) is 1. The van der Waals surface area contributed by atoms with Crippen molar-refractivity contribution < 1.29 is 0 Å². The summed E-state index contributed by atoms with van der Waals surface area (Å²) in [5.41, 5.74) is 12.6. The van der Waals surface area contributed by atoms with Crippen LogP contribution in [0.25, 0.3) is 0 Å². The van der Waals surface area contributed by atoms with Crippen molar-refractivity contribution in [1.29, 1.82) is 0 Å². The van der Waals surface area contributed by atoms with Gasteiger partial charge in [0.25, 0.3) is 0 Å². The Hall–Kier alpha value is -1.80. The predicted octanol–water partition coefficient (Wildman–Crippen LogP) is 3.86. The number of hydrogen-bond donors (Lipinski definition) is 2. The lowest BCUT2D eigenvalue weighted by molar-refractivity contribution is 0.648. The van der Waals surface area contributed by atoms with Crippen molar-refractivity contribution >= 4 is 5.69 Å². The zero-order valence-electron chi connectivity index (χ0n) is 11.5. The highest BCUT2D eigenvalue weighted by Gasteiger charge is 2.28. The van der Waals surface area contributed by atoms with E-state index < -0.39 is 0 Å². The molecular weight excluding hydrogens is 232 g/mol. The van der Waals surface area contributed by atoms with Gasteiger partial charge in [-0.15, -0.1) is 0 Å². The van der Waals surface area contributed by atoms with Gasteiger partial charge in [0.1, 0.15) is 0 Å². The van der Waals surface area contributed by atoms with E-state index in [2.05, 4.69) is 61.6 Å². The Morgan fingerprint density at radius 1 is 1.05 bits per heavy atom. The average Bonchev–Trinajstić information content (AvgIpc) is 2.72. The summed E-state index contributed by atoms with van der Waals surface area (Å²) in [7, 11) is 0. The molecule has 0 aliphatic heterocycles. The summed E-state index contributed by atoms with van der Waals surface area (Å²) in [6.07, 6.45) is 0.965. The number of benzene rings is 2. The summed E-state index contributed by atoms with van der Waals surface area (Å²) in [6, 6.07) is 15.5. The number of fused-ring (bicyclic) bond motifs is 1. The van der Waals surface area contributed by atoms with Gasteiger partial charge < -0.3 is 11.1 Å². The highest BCUT2D eigenvalue weighted by atomic mass is 14.9. The van der Waals surface area contributed by atoms with E-state index in [0.717, 1.165) is 6.42 Å². The van der Waals surface area contributed by atoms with Gasteiger partial charge in [-0.1, -0.05) is 36.4 Å². The summed E-state index contributed by atoms with van der Waals surface area (Å²) in [5, 5.41) is 3.66. The summed E-state index contributed by atoms with van der Waals surface area (Å²) < 4.78 is 0. The molecule has 0 amide bonds. The molecule has 0 saturated carbocycles. The van der Waals surface area contributed by atoms with Crippen LogP contribution in [0.3, 0.4) is 0 Å². The van der Waals surface area contributed by atoms with Gasteiger partial charge in [-0.3, -0.25) is 0 Å². The molecule has 3 rings (SSSR count). The number of hydrogen-bond acceptors (Lipinski definition) is 2. The zero-order valence-corrected chi connectivity index (χ0v) is 11.5. The molecule has 0 radical (unpaired) electrons. The smallest absolute Gasteiger partial charge is 0.0535 e. The van der Waals surface area contributed by atoms with E-state index >= 15 is 0 Å². The lowest BCUT2D eigenvalue weighted by atomic mass is 10.1. The summed E-state index contributed by atoms with van der Waals surface area (Å²) in [4.78, 5) is 0. The fourth-order valence-electron chi connectivity index (χ4n) is 2.89.